The van der Waals surface area contributed by atoms with E-state index in [1.165, 1.54) is 24.8 Å². The zero-order chi connectivity index (χ0) is 13.9. The molecule has 1 N–H and O–H groups in total. The Morgan fingerprint density at radius 2 is 1.85 bits per heavy atom. The van der Waals surface area contributed by atoms with Crippen LogP contribution in [0.4, 0.5) is 0 Å². The minimum atomic E-state index is 0.0758. The van der Waals surface area contributed by atoms with E-state index in [0.717, 1.165) is 18.8 Å². The Hall–Kier alpha value is -1.35. The molecule has 0 bridgehead atoms. The lowest BCUT2D eigenvalue weighted by molar-refractivity contribution is -0.131. The third-order valence-electron chi connectivity index (χ3n) is 4.92. The third kappa shape index (κ3) is 2.59. The van der Waals surface area contributed by atoms with Crippen LogP contribution in [0.1, 0.15) is 50.8 Å². The lowest BCUT2D eigenvalue weighted by atomic mass is 9.83. The van der Waals surface area contributed by atoms with E-state index in [1.54, 1.807) is 0 Å². The summed E-state index contributed by atoms with van der Waals surface area (Å²) >= 11 is 0. The number of rotatable bonds is 3. The normalized spacial score (nSPS) is 30.8. The number of carbonyl (C=O) groups excluding carboxylic acids is 1. The van der Waals surface area contributed by atoms with Crippen LogP contribution < -0.4 is 5.32 Å². The molecular formula is C17H24N2O. The Balaban J connectivity index is 1.74. The first-order valence-corrected chi connectivity index (χ1v) is 7.89. The van der Waals surface area contributed by atoms with Crippen molar-refractivity contribution >= 4 is 5.91 Å². The molecular weight excluding hydrogens is 248 g/mol. The summed E-state index contributed by atoms with van der Waals surface area (Å²) in [6.07, 6.45) is 6.22. The quantitative estimate of drug-likeness (QED) is 0.917. The van der Waals surface area contributed by atoms with Crippen LogP contribution in [0.3, 0.4) is 0 Å². The van der Waals surface area contributed by atoms with Gasteiger partial charge in [0.05, 0.1) is 6.54 Å². The van der Waals surface area contributed by atoms with Crippen LogP contribution in [-0.4, -0.2) is 23.4 Å². The van der Waals surface area contributed by atoms with Crippen LogP contribution in [0.15, 0.2) is 30.3 Å². The molecule has 3 heteroatoms. The highest BCUT2D eigenvalue weighted by atomic mass is 16.2. The average Bonchev–Trinajstić information content (AvgIpc) is 2.90. The van der Waals surface area contributed by atoms with Crippen molar-refractivity contribution in [2.24, 2.45) is 5.92 Å². The topological polar surface area (TPSA) is 32.3 Å². The van der Waals surface area contributed by atoms with Crippen LogP contribution in [0.5, 0.6) is 0 Å². The second-order valence-corrected chi connectivity index (χ2v) is 6.08. The van der Waals surface area contributed by atoms with E-state index >= 15 is 0 Å². The molecule has 1 aromatic rings. The van der Waals surface area contributed by atoms with Gasteiger partial charge in [0.25, 0.3) is 0 Å². The number of benzene rings is 1. The first-order chi connectivity index (χ1) is 9.79. The molecule has 108 valence electrons. The van der Waals surface area contributed by atoms with Crippen molar-refractivity contribution in [2.75, 3.05) is 6.54 Å². The maximum absolute atomic E-state index is 12.3. The zero-order valence-corrected chi connectivity index (χ0v) is 12.2. The minimum Gasteiger partial charge on any atom is -0.319 e. The lowest BCUT2D eigenvalue weighted by Gasteiger charge is -2.37. The number of amides is 1. The fourth-order valence-electron chi connectivity index (χ4n) is 3.68. The van der Waals surface area contributed by atoms with Gasteiger partial charge < -0.3 is 4.90 Å². The first kappa shape index (κ1) is 13.6. The predicted molar refractivity (Wildman–Crippen MR) is 80.1 cm³/mol. The van der Waals surface area contributed by atoms with Crippen molar-refractivity contribution in [3.05, 3.63) is 35.9 Å². The number of carbonyl (C=O) groups is 1. The van der Waals surface area contributed by atoms with Crippen molar-refractivity contribution in [1.29, 1.82) is 0 Å². The first-order valence-electron chi connectivity index (χ1n) is 7.89. The molecule has 1 unspecified atom stereocenters. The third-order valence-corrected chi connectivity index (χ3v) is 4.92. The summed E-state index contributed by atoms with van der Waals surface area (Å²) in [4.78, 5) is 14.4. The Bertz CT molecular complexity index is 451. The van der Waals surface area contributed by atoms with Crippen LogP contribution in [0.25, 0.3) is 0 Å². The van der Waals surface area contributed by atoms with Gasteiger partial charge >= 0.3 is 0 Å². The van der Waals surface area contributed by atoms with E-state index in [9.17, 15) is 4.79 Å². The molecule has 3 rings (SSSR count). The molecule has 2 aliphatic rings. The maximum atomic E-state index is 12.3. The molecule has 1 aromatic carbocycles. The van der Waals surface area contributed by atoms with E-state index in [2.05, 4.69) is 29.3 Å². The molecule has 20 heavy (non-hydrogen) atoms. The predicted octanol–water partition coefficient (Wildman–Crippen LogP) is 3.09. The second-order valence-electron chi connectivity index (χ2n) is 6.08. The van der Waals surface area contributed by atoms with Crippen molar-refractivity contribution in [1.82, 2.24) is 10.2 Å². The summed E-state index contributed by atoms with van der Waals surface area (Å²) in [6, 6.07) is 10.8. The van der Waals surface area contributed by atoms with Crippen molar-refractivity contribution in [3.8, 4) is 0 Å². The van der Waals surface area contributed by atoms with Gasteiger partial charge in [-0.25, -0.2) is 0 Å². The van der Waals surface area contributed by atoms with Gasteiger partial charge in [0, 0.05) is 6.04 Å². The SMILES string of the molecule is CCC1CCC(N2C(=O)CNC2c2ccccc2)CC1. The van der Waals surface area contributed by atoms with Crippen molar-refractivity contribution < 1.29 is 4.79 Å². The fraction of sp³-hybridized carbons (Fsp3) is 0.588. The highest BCUT2D eigenvalue weighted by Crippen LogP contribution is 2.34. The average molecular weight is 272 g/mol. The molecule has 1 aliphatic heterocycles. The Kier molecular flexibility index (Phi) is 4.06. The van der Waals surface area contributed by atoms with Gasteiger partial charge in [0.1, 0.15) is 6.17 Å². The number of nitrogens with zero attached hydrogens (tertiary/aromatic N) is 1. The zero-order valence-electron chi connectivity index (χ0n) is 12.2. The number of nitrogens with one attached hydrogen (secondary N) is 1. The molecule has 0 spiro atoms. The molecule has 3 nitrogen and oxygen atoms in total. The van der Waals surface area contributed by atoms with Gasteiger partial charge in [-0.3, -0.25) is 10.1 Å². The summed E-state index contributed by atoms with van der Waals surface area (Å²) in [7, 11) is 0. The van der Waals surface area contributed by atoms with Crippen LogP contribution in [0, 0.1) is 5.92 Å². The molecule has 0 aromatic heterocycles. The van der Waals surface area contributed by atoms with E-state index in [-0.39, 0.29) is 12.1 Å². The monoisotopic (exact) mass is 272 g/mol. The molecule has 2 fully saturated rings. The van der Waals surface area contributed by atoms with Gasteiger partial charge in [0.2, 0.25) is 5.91 Å². The number of hydrogen-bond acceptors (Lipinski definition) is 2. The second kappa shape index (κ2) is 5.96. The Morgan fingerprint density at radius 3 is 2.50 bits per heavy atom. The minimum absolute atomic E-state index is 0.0758. The molecule has 1 saturated heterocycles. The van der Waals surface area contributed by atoms with Gasteiger partial charge in [-0.05, 0) is 37.2 Å². The summed E-state index contributed by atoms with van der Waals surface area (Å²) in [5, 5.41) is 3.37. The van der Waals surface area contributed by atoms with Crippen molar-refractivity contribution in [3.63, 3.8) is 0 Å². The van der Waals surface area contributed by atoms with Crippen LogP contribution in [0.2, 0.25) is 0 Å². The van der Waals surface area contributed by atoms with Gasteiger partial charge in [-0.15, -0.1) is 0 Å². The summed E-state index contributed by atoms with van der Waals surface area (Å²) in [5.74, 6) is 1.13. The molecule has 1 heterocycles. The molecule has 1 amide bonds. The van der Waals surface area contributed by atoms with Crippen LogP contribution in [-0.2, 0) is 4.79 Å². The van der Waals surface area contributed by atoms with E-state index in [0.29, 0.717) is 12.6 Å². The Labute approximate surface area is 121 Å². The fourth-order valence-corrected chi connectivity index (χ4v) is 3.68. The maximum Gasteiger partial charge on any atom is 0.238 e. The highest BCUT2D eigenvalue weighted by Gasteiger charge is 2.37. The molecule has 1 aliphatic carbocycles. The Morgan fingerprint density at radius 1 is 1.15 bits per heavy atom. The van der Waals surface area contributed by atoms with Gasteiger partial charge in [-0.2, -0.15) is 0 Å². The summed E-state index contributed by atoms with van der Waals surface area (Å²) in [6.45, 7) is 2.76. The molecule has 1 saturated carbocycles. The molecule has 1 atom stereocenters. The number of hydrogen-bond donors (Lipinski definition) is 1. The van der Waals surface area contributed by atoms with Gasteiger partial charge in [0.15, 0.2) is 0 Å². The standard InChI is InChI=1S/C17H24N2O/c1-2-13-8-10-15(11-9-13)19-16(20)12-18-17(19)14-6-4-3-5-7-14/h3-7,13,15,17-18H,2,8-12H2,1H3. The van der Waals surface area contributed by atoms with Gasteiger partial charge in [-0.1, -0.05) is 43.7 Å². The van der Waals surface area contributed by atoms with Crippen molar-refractivity contribution in [2.45, 2.75) is 51.2 Å². The molecule has 0 radical (unpaired) electrons. The lowest BCUT2D eigenvalue weighted by Crippen LogP contribution is -2.41. The smallest absolute Gasteiger partial charge is 0.238 e. The summed E-state index contributed by atoms with van der Waals surface area (Å²) in [5.41, 5.74) is 1.20. The van der Waals surface area contributed by atoms with E-state index in [4.69, 9.17) is 0 Å². The van der Waals surface area contributed by atoms with Crippen LogP contribution >= 0.6 is 0 Å². The summed E-state index contributed by atoms with van der Waals surface area (Å²) < 4.78 is 0. The van der Waals surface area contributed by atoms with E-state index in [1.807, 2.05) is 18.2 Å². The highest BCUT2D eigenvalue weighted by molar-refractivity contribution is 5.81. The largest absolute Gasteiger partial charge is 0.319 e. The van der Waals surface area contributed by atoms with E-state index < -0.39 is 0 Å².